The second-order valence-corrected chi connectivity index (χ2v) is 5.47. The number of alkyl halides is 1. The van der Waals surface area contributed by atoms with Gasteiger partial charge in [0.05, 0.1) is 0 Å². The van der Waals surface area contributed by atoms with Crippen molar-refractivity contribution in [2.75, 3.05) is 5.88 Å². The van der Waals surface area contributed by atoms with Gasteiger partial charge < -0.3 is 5.11 Å². The Bertz CT molecular complexity index is 523. The Kier molecular flexibility index (Phi) is 5.12. The van der Waals surface area contributed by atoms with Gasteiger partial charge in [0.25, 0.3) is 0 Å². The first-order valence-electron chi connectivity index (χ1n) is 6.25. The molecule has 0 aliphatic carbocycles. The Morgan fingerprint density at radius 2 is 1.63 bits per heavy atom. The number of phenols is 1. The van der Waals surface area contributed by atoms with Crippen LogP contribution in [0.1, 0.15) is 11.1 Å². The van der Waals surface area contributed by atoms with Crippen LogP contribution in [0.25, 0.3) is 0 Å². The van der Waals surface area contributed by atoms with Crippen LogP contribution in [0.2, 0.25) is 5.02 Å². The molecule has 0 saturated carbocycles. The van der Waals surface area contributed by atoms with Crippen LogP contribution in [0.4, 0.5) is 0 Å². The minimum Gasteiger partial charge on any atom is -0.508 e. The molecule has 1 nitrogen and oxygen atoms in total. The number of benzene rings is 2. The van der Waals surface area contributed by atoms with Crippen molar-refractivity contribution < 1.29 is 5.11 Å². The lowest BCUT2D eigenvalue weighted by Gasteiger charge is -2.14. The monoisotopic (exact) mass is 294 g/mol. The first-order valence-corrected chi connectivity index (χ1v) is 7.17. The smallest absolute Gasteiger partial charge is 0.115 e. The molecule has 0 aliphatic rings. The van der Waals surface area contributed by atoms with E-state index in [4.69, 9.17) is 23.2 Å². The second-order valence-electron chi connectivity index (χ2n) is 4.72. The van der Waals surface area contributed by atoms with Crippen molar-refractivity contribution in [2.24, 2.45) is 5.92 Å². The molecule has 0 aliphatic heterocycles. The molecule has 0 aromatic heterocycles. The molecule has 19 heavy (non-hydrogen) atoms. The summed E-state index contributed by atoms with van der Waals surface area (Å²) < 4.78 is 0. The van der Waals surface area contributed by atoms with Gasteiger partial charge in [-0.15, -0.1) is 11.6 Å². The third-order valence-electron chi connectivity index (χ3n) is 3.09. The number of hydrogen-bond acceptors (Lipinski definition) is 1. The van der Waals surface area contributed by atoms with Gasteiger partial charge in [-0.2, -0.15) is 0 Å². The largest absolute Gasteiger partial charge is 0.508 e. The van der Waals surface area contributed by atoms with Crippen LogP contribution in [0.15, 0.2) is 48.5 Å². The number of rotatable bonds is 5. The molecule has 1 unspecified atom stereocenters. The van der Waals surface area contributed by atoms with Crippen molar-refractivity contribution in [3.8, 4) is 5.75 Å². The van der Waals surface area contributed by atoms with Crippen molar-refractivity contribution in [3.05, 3.63) is 64.7 Å². The third-order valence-corrected chi connectivity index (χ3v) is 3.76. The highest BCUT2D eigenvalue weighted by Crippen LogP contribution is 2.20. The van der Waals surface area contributed by atoms with Crippen LogP contribution < -0.4 is 0 Å². The predicted molar refractivity (Wildman–Crippen MR) is 81.2 cm³/mol. The zero-order valence-electron chi connectivity index (χ0n) is 10.5. The molecule has 2 rings (SSSR count). The van der Waals surface area contributed by atoms with E-state index in [0.717, 1.165) is 17.9 Å². The van der Waals surface area contributed by atoms with Gasteiger partial charge in [-0.1, -0.05) is 35.9 Å². The maximum Gasteiger partial charge on any atom is 0.115 e. The van der Waals surface area contributed by atoms with Gasteiger partial charge in [-0.3, -0.25) is 0 Å². The van der Waals surface area contributed by atoms with E-state index in [9.17, 15) is 5.11 Å². The summed E-state index contributed by atoms with van der Waals surface area (Å²) in [7, 11) is 0. The Morgan fingerprint density at radius 1 is 0.947 bits per heavy atom. The van der Waals surface area contributed by atoms with Crippen molar-refractivity contribution >= 4 is 23.2 Å². The van der Waals surface area contributed by atoms with E-state index in [1.807, 2.05) is 30.3 Å². The Labute approximate surface area is 123 Å². The summed E-state index contributed by atoms with van der Waals surface area (Å²) in [4.78, 5) is 0. The van der Waals surface area contributed by atoms with Gasteiger partial charge in [0.1, 0.15) is 5.75 Å². The Hall–Kier alpha value is -1.18. The Morgan fingerprint density at radius 3 is 2.26 bits per heavy atom. The quantitative estimate of drug-likeness (QED) is 0.794. The lowest BCUT2D eigenvalue weighted by Crippen LogP contribution is -2.10. The van der Waals surface area contributed by atoms with Gasteiger partial charge >= 0.3 is 0 Å². The first kappa shape index (κ1) is 14.2. The van der Waals surface area contributed by atoms with Crippen LogP contribution in [0.5, 0.6) is 5.75 Å². The van der Waals surface area contributed by atoms with E-state index in [1.165, 1.54) is 11.1 Å². The maximum absolute atomic E-state index is 9.27. The molecule has 0 heterocycles. The van der Waals surface area contributed by atoms with Crippen LogP contribution >= 0.6 is 23.2 Å². The summed E-state index contributed by atoms with van der Waals surface area (Å²) in [5.74, 6) is 1.26. The topological polar surface area (TPSA) is 20.2 Å². The number of hydrogen-bond donors (Lipinski definition) is 1. The average Bonchev–Trinajstić information content (AvgIpc) is 2.40. The fraction of sp³-hybridized carbons (Fsp3) is 0.250. The molecule has 0 bridgehead atoms. The van der Waals surface area contributed by atoms with Crippen LogP contribution in [-0.4, -0.2) is 11.0 Å². The molecular weight excluding hydrogens is 279 g/mol. The van der Waals surface area contributed by atoms with Crippen molar-refractivity contribution in [1.29, 1.82) is 0 Å². The third kappa shape index (κ3) is 4.45. The van der Waals surface area contributed by atoms with Gasteiger partial charge in [0.2, 0.25) is 0 Å². The molecule has 2 aromatic carbocycles. The van der Waals surface area contributed by atoms with E-state index < -0.39 is 0 Å². The van der Waals surface area contributed by atoms with Crippen LogP contribution in [-0.2, 0) is 12.8 Å². The lowest BCUT2D eigenvalue weighted by molar-refractivity contribution is 0.474. The standard InChI is InChI=1S/C16H16Cl2O/c17-11-14(8-12-4-6-16(19)7-5-12)9-13-2-1-3-15(18)10-13/h1-7,10,14,19H,8-9,11H2. The molecule has 0 radical (unpaired) electrons. The van der Waals surface area contributed by atoms with Crippen molar-refractivity contribution in [3.63, 3.8) is 0 Å². The SMILES string of the molecule is Oc1ccc(CC(CCl)Cc2cccc(Cl)c2)cc1. The zero-order valence-corrected chi connectivity index (χ0v) is 12.0. The normalized spacial score (nSPS) is 12.3. The highest BCUT2D eigenvalue weighted by molar-refractivity contribution is 6.30. The van der Waals surface area contributed by atoms with E-state index in [2.05, 4.69) is 6.07 Å². The molecule has 1 N–H and O–H groups in total. The highest BCUT2D eigenvalue weighted by Gasteiger charge is 2.10. The predicted octanol–water partition coefficient (Wildman–Crippen LogP) is 4.69. The first-order chi connectivity index (χ1) is 9.17. The minimum absolute atomic E-state index is 0.293. The average molecular weight is 295 g/mol. The zero-order chi connectivity index (χ0) is 13.7. The van der Waals surface area contributed by atoms with Gasteiger partial charge in [-0.25, -0.2) is 0 Å². The summed E-state index contributed by atoms with van der Waals surface area (Å²) in [6.07, 6.45) is 1.81. The van der Waals surface area contributed by atoms with E-state index in [0.29, 0.717) is 17.5 Å². The summed E-state index contributed by atoms with van der Waals surface area (Å²) >= 11 is 12.0. The Balaban J connectivity index is 2.02. The summed E-state index contributed by atoms with van der Waals surface area (Å²) in [5, 5.41) is 10.0. The number of halogens is 2. The van der Waals surface area contributed by atoms with Gasteiger partial charge in [-0.05, 0) is 54.2 Å². The minimum atomic E-state index is 0.293. The fourth-order valence-corrected chi connectivity index (χ4v) is 2.58. The molecule has 2 aromatic rings. The summed E-state index contributed by atoms with van der Waals surface area (Å²) in [6, 6.07) is 15.2. The maximum atomic E-state index is 9.27. The molecule has 3 heteroatoms. The number of aromatic hydroxyl groups is 1. The van der Waals surface area contributed by atoms with Crippen LogP contribution in [0.3, 0.4) is 0 Å². The molecule has 1 atom stereocenters. The van der Waals surface area contributed by atoms with Crippen LogP contribution in [0, 0.1) is 5.92 Å². The van der Waals surface area contributed by atoms with E-state index in [1.54, 1.807) is 12.1 Å². The molecule has 0 amide bonds. The summed E-state index contributed by atoms with van der Waals surface area (Å²) in [5.41, 5.74) is 2.39. The molecule has 0 spiro atoms. The molecule has 0 saturated heterocycles. The summed E-state index contributed by atoms with van der Waals surface area (Å²) in [6.45, 7) is 0. The second kappa shape index (κ2) is 6.83. The highest BCUT2D eigenvalue weighted by atomic mass is 35.5. The van der Waals surface area contributed by atoms with E-state index in [-0.39, 0.29) is 0 Å². The number of phenolic OH excluding ortho intramolecular Hbond substituents is 1. The molecule has 0 fully saturated rings. The van der Waals surface area contributed by atoms with Gasteiger partial charge in [0, 0.05) is 10.9 Å². The van der Waals surface area contributed by atoms with E-state index >= 15 is 0 Å². The van der Waals surface area contributed by atoms with Crippen molar-refractivity contribution in [2.45, 2.75) is 12.8 Å². The molecule has 100 valence electrons. The van der Waals surface area contributed by atoms with Crippen molar-refractivity contribution in [1.82, 2.24) is 0 Å². The van der Waals surface area contributed by atoms with Gasteiger partial charge in [0.15, 0.2) is 0 Å². The fourth-order valence-electron chi connectivity index (χ4n) is 2.14. The lowest BCUT2D eigenvalue weighted by atomic mass is 9.94. The molecular formula is C16H16Cl2O.